The summed E-state index contributed by atoms with van der Waals surface area (Å²) < 4.78 is 0. The Bertz CT molecular complexity index is 443. The molecular weight excluding hydrogens is 305 g/mol. The number of benzene rings is 1. The van der Waals surface area contributed by atoms with Crippen molar-refractivity contribution >= 4 is 40.9 Å². The Balaban J connectivity index is 2.63. The van der Waals surface area contributed by atoms with Gasteiger partial charge in [0, 0.05) is 15.8 Å². The second kappa shape index (κ2) is 8.00. The zero-order valence-corrected chi connectivity index (χ0v) is 13.1. The molecule has 0 aliphatic rings. The van der Waals surface area contributed by atoms with Crippen LogP contribution in [0.3, 0.4) is 0 Å². The monoisotopic (exact) mass is 321 g/mol. The Morgan fingerprint density at radius 3 is 2.68 bits per heavy atom. The van der Waals surface area contributed by atoms with Crippen molar-refractivity contribution in [1.82, 2.24) is 5.32 Å². The molecule has 0 bridgehead atoms. The Hall–Kier alpha value is -0.420. The topological polar surface area (TPSA) is 49.3 Å². The number of halogens is 2. The van der Waals surface area contributed by atoms with Gasteiger partial charge in [0.15, 0.2) is 0 Å². The molecule has 1 aromatic carbocycles. The molecule has 2 atom stereocenters. The van der Waals surface area contributed by atoms with Gasteiger partial charge in [-0.3, -0.25) is 4.79 Å². The number of carbonyl (C=O) groups is 1. The van der Waals surface area contributed by atoms with E-state index in [1.54, 1.807) is 18.2 Å². The highest BCUT2D eigenvalue weighted by molar-refractivity contribution is 8.00. The molecule has 1 rings (SSSR count). The van der Waals surface area contributed by atoms with Crippen LogP contribution in [0.4, 0.5) is 0 Å². The van der Waals surface area contributed by atoms with E-state index in [0.717, 1.165) is 5.56 Å². The average Bonchev–Trinajstić information content (AvgIpc) is 2.35. The van der Waals surface area contributed by atoms with Gasteiger partial charge >= 0.3 is 0 Å². The summed E-state index contributed by atoms with van der Waals surface area (Å²) in [6.45, 7) is 3.75. The fourth-order valence-corrected chi connectivity index (χ4v) is 2.82. The van der Waals surface area contributed by atoms with Crippen LogP contribution in [-0.4, -0.2) is 28.6 Å². The quantitative estimate of drug-likeness (QED) is 0.845. The van der Waals surface area contributed by atoms with Crippen molar-refractivity contribution in [2.45, 2.75) is 25.1 Å². The number of thioether (sulfide) groups is 1. The predicted molar refractivity (Wildman–Crippen MR) is 82.0 cm³/mol. The molecule has 0 heterocycles. The van der Waals surface area contributed by atoms with Crippen LogP contribution in [0.15, 0.2) is 18.2 Å². The number of nitrogens with one attached hydrogen (secondary N) is 1. The minimum Gasteiger partial charge on any atom is -0.396 e. The maximum Gasteiger partial charge on any atom is 0.233 e. The molecule has 1 aromatic rings. The van der Waals surface area contributed by atoms with Gasteiger partial charge in [0.05, 0.1) is 17.9 Å². The standard InChI is InChI=1S/C13H17Cl2NO2S/c1-8(11-4-3-10(14)7-12(11)15)16-13(18)9(2)19-6-5-17/h3-4,7-9,17H,5-6H2,1-2H3,(H,16,18)/t8-,9+/m1/s1. The van der Waals surface area contributed by atoms with Crippen LogP contribution in [0.2, 0.25) is 10.0 Å². The van der Waals surface area contributed by atoms with Gasteiger partial charge in [0.1, 0.15) is 0 Å². The summed E-state index contributed by atoms with van der Waals surface area (Å²) >= 11 is 13.3. The largest absolute Gasteiger partial charge is 0.396 e. The van der Waals surface area contributed by atoms with Gasteiger partial charge in [-0.2, -0.15) is 0 Å². The average molecular weight is 322 g/mol. The molecule has 0 aliphatic carbocycles. The molecule has 106 valence electrons. The number of aliphatic hydroxyl groups is 1. The molecule has 3 nitrogen and oxygen atoms in total. The van der Waals surface area contributed by atoms with Crippen LogP contribution in [0, 0.1) is 0 Å². The number of carbonyl (C=O) groups excluding carboxylic acids is 1. The summed E-state index contributed by atoms with van der Waals surface area (Å²) in [5, 5.41) is 12.5. The Morgan fingerprint density at radius 2 is 2.11 bits per heavy atom. The smallest absolute Gasteiger partial charge is 0.233 e. The first-order valence-electron chi connectivity index (χ1n) is 5.93. The lowest BCUT2D eigenvalue weighted by Gasteiger charge is -2.18. The zero-order chi connectivity index (χ0) is 14.4. The lowest BCUT2D eigenvalue weighted by molar-refractivity contribution is -0.120. The predicted octanol–water partition coefficient (Wildman–Crippen LogP) is 3.28. The Labute approximate surface area is 127 Å². The molecule has 2 N–H and O–H groups in total. The van der Waals surface area contributed by atoms with Crippen LogP contribution < -0.4 is 5.32 Å². The SMILES string of the molecule is C[C@H](SCCO)C(=O)N[C@H](C)c1ccc(Cl)cc1Cl. The van der Waals surface area contributed by atoms with Gasteiger partial charge in [0.2, 0.25) is 5.91 Å². The second-order valence-electron chi connectivity index (χ2n) is 4.13. The van der Waals surface area contributed by atoms with E-state index in [-0.39, 0.29) is 23.8 Å². The summed E-state index contributed by atoms with van der Waals surface area (Å²) in [4.78, 5) is 11.9. The molecule has 19 heavy (non-hydrogen) atoms. The maximum absolute atomic E-state index is 11.9. The lowest BCUT2D eigenvalue weighted by atomic mass is 10.1. The van der Waals surface area contributed by atoms with E-state index in [9.17, 15) is 4.79 Å². The third-order valence-electron chi connectivity index (χ3n) is 2.62. The van der Waals surface area contributed by atoms with Crippen LogP contribution in [-0.2, 0) is 4.79 Å². The van der Waals surface area contributed by atoms with E-state index < -0.39 is 0 Å². The van der Waals surface area contributed by atoms with Crippen molar-refractivity contribution in [3.63, 3.8) is 0 Å². The number of aliphatic hydroxyl groups excluding tert-OH is 1. The Kier molecular flexibility index (Phi) is 7.00. The van der Waals surface area contributed by atoms with Crippen LogP contribution >= 0.6 is 35.0 Å². The highest BCUT2D eigenvalue weighted by Gasteiger charge is 2.17. The van der Waals surface area contributed by atoms with Crippen molar-refractivity contribution < 1.29 is 9.90 Å². The van der Waals surface area contributed by atoms with E-state index in [1.165, 1.54) is 11.8 Å². The minimum absolute atomic E-state index is 0.0703. The van der Waals surface area contributed by atoms with E-state index in [0.29, 0.717) is 15.8 Å². The van der Waals surface area contributed by atoms with Crippen LogP contribution in [0.1, 0.15) is 25.5 Å². The highest BCUT2D eigenvalue weighted by Crippen LogP contribution is 2.26. The van der Waals surface area contributed by atoms with Crippen molar-refractivity contribution in [2.75, 3.05) is 12.4 Å². The molecule has 0 spiro atoms. The number of amides is 1. The van der Waals surface area contributed by atoms with E-state index in [4.69, 9.17) is 28.3 Å². The minimum atomic E-state index is -0.208. The van der Waals surface area contributed by atoms with Crippen molar-refractivity contribution in [3.05, 3.63) is 33.8 Å². The summed E-state index contributed by atoms with van der Waals surface area (Å²) in [6, 6.07) is 5.02. The first-order valence-corrected chi connectivity index (χ1v) is 7.74. The first kappa shape index (κ1) is 16.6. The summed E-state index contributed by atoms with van der Waals surface area (Å²) in [7, 11) is 0. The van der Waals surface area contributed by atoms with Gasteiger partial charge in [-0.25, -0.2) is 0 Å². The van der Waals surface area contributed by atoms with E-state index in [1.807, 2.05) is 13.8 Å². The summed E-state index contributed by atoms with van der Waals surface area (Å²) in [5.74, 6) is 0.474. The molecule has 0 fully saturated rings. The molecule has 1 amide bonds. The molecule has 0 aromatic heterocycles. The molecule has 0 saturated carbocycles. The summed E-state index contributed by atoms with van der Waals surface area (Å²) in [5.41, 5.74) is 0.832. The molecule has 0 aliphatic heterocycles. The van der Waals surface area contributed by atoms with E-state index in [2.05, 4.69) is 5.32 Å². The molecule has 6 heteroatoms. The fourth-order valence-electron chi connectivity index (χ4n) is 1.57. The van der Waals surface area contributed by atoms with Crippen molar-refractivity contribution in [2.24, 2.45) is 0 Å². The number of hydrogen-bond acceptors (Lipinski definition) is 3. The van der Waals surface area contributed by atoms with Crippen LogP contribution in [0.25, 0.3) is 0 Å². The lowest BCUT2D eigenvalue weighted by Crippen LogP contribution is -2.33. The third-order valence-corrected chi connectivity index (χ3v) is 4.31. The van der Waals surface area contributed by atoms with Gasteiger partial charge in [-0.15, -0.1) is 11.8 Å². The first-order chi connectivity index (χ1) is 8.95. The second-order valence-corrected chi connectivity index (χ2v) is 6.43. The summed E-state index contributed by atoms with van der Waals surface area (Å²) in [6.07, 6.45) is 0. The van der Waals surface area contributed by atoms with Gasteiger partial charge in [-0.05, 0) is 31.5 Å². The van der Waals surface area contributed by atoms with Crippen LogP contribution in [0.5, 0.6) is 0 Å². The molecule has 0 radical (unpaired) electrons. The van der Waals surface area contributed by atoms with Crippen molar-refractivity contribution in [1.29, 1.82) is 0 Å². The number of hydrogen-bond donors (Lipinski definition) is 2. The fraction of sp³-hybridized carbons (Fsp3) is 0.462. The van der Waals surface area contributed by atoms with E-state index >= 15 is 0 Å². The van der Waals surface area contributed by atoms with Crippen molar-refractivity contribution in [3.8, 4) is 0 Å². The highest BCUT2D eigenvalue weighted by atomic mass is 35.5. The third kappa shape index (κ3) is 5.22. The molecule has 0 saturated heterocycles. The van der Waals surface area contributed by atoms with Gasteiger partial charge in [0.25, 0.3) is 0 Å². The molecular formula is C13H17Cl2NO2S. The molecule has 0 unspecified atom stereocenters. The Morgan fingerprint density at radius 1 is 1.42 bits per heavy atom. The zero-order valence-electron chi connectivity index (χ0n) is 10.8. The van der Waals surface area contributed by atoms with Gasteiger partial charge < -0.3 is 10.4 Å². The number of rotatable bonds is 6. The normalized spacial score (nSPS) is 13.9. The van der Waals surface area contributed by atoms with Gasteiger partial charge in [-0.1, -0.05) is 29.3 Å². The maximum atomic E-state index is 11.9.